The molecule has 24 heavy (non-hydrogen) atoms. The smallest absolute Gasteiger partial charge is 0.272 e. The minimum Gasteiger partial charge on any atom is -0.337 e. The number of likely N-dealkylation sites (tertiary alicyclic amines) is 1. The standard InChI is InChI=1S/C17H18F2N4O/c1-11-5-8-23(9-6-11)16(24)15-4-7-20-17(22-15)21-14-3-2-12(18)10-13(14)19/h2-4,7,10-11H,5-6,8-9H2,1H3,(H,20,21,22). The van der Waals surface area contributed by atoms with Crippen molar-refractivity contribution in [2.24, 2.45) is 5.92 Å². The van der Waals surface area contributed by atoms with E-state index >= 15 is 0 Å². The highest BCUT2D eigenvalue weighted by Crippen LogP contribution is 2.20. The van der Waals surface area contributed by atoms with E-state index < -0.39 is 11.6 Å². The van der Waals surface area contributed by atoms with Gasteiger partial charge in [0.15, 0.2) is 0 Å². The quantitative estimate of drug-likeness (QED) is 0.936. The van der Waals surface area contributed by atoms with Gasteiger partial charge in [0.25, 0.3) is 5.91 Å². The van der Waals surface area contributed by atoms with E-state index in [4.69, 9.17) is 0 Å². The van der Waals surface area contributed by atoms with Crippen molar-refractivity contribution >= 4 is 17.5 Å². The number of anilines is 2. The molecule has 1 amide bonds. The Labute approximate surface area is 138 Å². The van der Waals surface area contributed by atoms with Crippen molar-refractivity contribution in [3.63, 3.8) is 0 Å². The number of carbonyl (C=O) groups is 1. The summed E-state index contributed by atoms with van der Waals surface area (Å²) in [7, 11) is 0. The Morgan fingerprint density at radius 1 is 1.25 bits per heavy atom. The molecule has 1 fully saturated rings. The van der Waals surface area contributed by atoms with Crippen molar-refractivity contribution in [1.82, 2.24) is 14.9 Å². The lowest BCUT2D eigenvalue weighted by molar-refractivity contribution is 0.0691. The molecule has 5 nitrogen and oxygen atoms in total. The predicted molar refractivity (Wildman–Crippen MR) is 86.0 cm³/mol. The van der Waals surface area contributed by atoms with Crippen molar-refractivity contribution in [3.8, 4) is 0 Å². The summed E-state index contributed by atoms with van der Waals surface area (Å²) in [6.07, 6.45) is 3.39. The minimum atomic E-state index is -0.750. The van der Waals surface area contributed by atoms with E-state index in [0.29, 0.717) is 19.0 Å². The molecule has 0 aliphatic carbocycles. The third-order valence-corrected chi connectivity index (χ3v) is 4.12. The van der Waals surface area contributed by atoms with Crippen LogP contribution >= 0.6 is 0 Å². The molecule has 1 saturated heterocycles. The van der Waals surface area contributed by atoms with Gasteiger partial charge in [-0.1, -0.05) is 6.92 Å². The lowest BCUT2D eigenvalue weighted by Gasteiger charge is -2.30. The van der Waals surface area contributed by atoms with E-state index in [1.54, 1.807) is 4.90 Å². The second-order valence-electron chi connectivity index (χ2n) is 5.99. The topological polar surface area (TPSA) is 58.1 Å². The Bertz CT molecular complexity index is 745. The van der Waals surface area contributed by atoms with E-state index in [0.717, 1.165) is 25.0 Å². The monoisotopic (exact) mass is 332 g/mol. The number of hydrogen-bond acceptors (Lipinski definition) is 4. The third kappa shape index (κ3) is 3.67. The average Bonchev–Trinajstić information content (AvgIpc) is 2.58. The number of rotatable bonds is 3. The van der Waals surface area contributed by atoms with Gasteiger partial charge < -0.3 is 10.2 Å². The van der Waals surface area contributed by atoms with Crippen molar-refractivity contribution < 1.29 is 13.6 Å². The molecule has 2 aromatic rings. The normalized spacial score (nSPS) is 15.4. The molecular weight excluding hydrogens is 314 g/mol. The molecule has 1 N–H and O–H groups in total. The van der Waals surface area contributed by atoms with Crippen molar-refractivity contribution in [1.29, 1.82) is 0 Å². The zero-order chi connectivity index (χ0) is 17.1. The molecule has 0 saturated carbocycles. The zero-order valence-corrected chi connectivity index (χ0v) is 13.3. The maximum atomic E-state index is 13.7. The molecule has 0 spiro atoms. The predicted octanol–water partition coefficient (Wildman–Crippen LogP) is 3.37. The fourth-order valence-corrected chi connectivity index (χ4v) is 2.62. The molecule has 0 bridgehead atoms. The maximum Gasteiger partial charge on any atom is 0.272 e. The highest BCUT2D eigenvalue weighted by atomic mass is 19.1. The number of halogens is 2. The van der Waals surface area contributed by atoms with Crippen molar-refractivity contribution in [2.75, 3.05) is 18.4 Å². The van der Waals surface area contributed by atoms with Gasteiger partial charge in [0, 0.05) is 25.4 Å². The van der Waals surface area contributed by atoms with Crippen LogP contribution in [0.5, 0.6) is 0 Å². The summed E-state index contributed by atoms with van der Waals surface area (Å²) in [4.78, 5) is 22.4. The van der Waals surface area contributed by atoms with Gasteiger partial charge in [0.05, 0.1) is 5.69 Å². The van der Waals surface area contributed by atoms with Gasteiger partial charge in [-0.3, -0.25) is 4.79 Å². The second kappa shape index (κ2) is 6.90. The van der Waals surface area contributed by atoms with Crippen LogP contribution in [0.1, 0.15) is 30.3 Å². The minimum absolute atomic E-state index is 0.0489. The number of aromatic nitrogens is 2. The van der Waals surface area contributed by atoms with Crippen LogP contribution < -0.4 is 5.32 Å². The molecule has 0 atom stereocenters. The number of nitrogens with zero attached hydrogens (tertiary/aromatic N) is 3. The lowest BCUT2D eigenvalue weighted by atomic mass is 9.99. The summed E-state index contributed by atoms with van der Waals surface area (Å²) < 4.78 is 26.6. The van der Waals surface area contributed by atoms with Gasteiger partial charge in [-0.2, -0.15) is 0 Å². The maximum absolute atomic E-state index is 13.7. The molecule has 3 rings (SSSR count). The highest BCUT2D eigenvalue weighted by Gasteiger charge is 2.22. The summed E-state index contributed by atoms with van der Waals surface area (Å²) >= 11 is 0. The molecule has 2 heterocycles. The number of piperidine rings is 1. The number of amides is 1. The first-order valence-electron chi connectivity index (χ1n) is 7.87. The van der Waals surface area contributed by atoms with Crippen LogP contribution in [0.4, 0.5) is 20.4 Å². The molecule has 0 unspecified atom stereocenters. The molecule has 1 aromatic heterocycles. The van der Waals surface area contributed by atoms with E-state index in [1.807, 2.05) is 0 Å². The molecule has 0 radical (unpaired) electrons. The van der Waals surface area contributed by atoms with E-state index in [2.05, 4.69) is 22.2 Å². The number of benzene rings is 1. The van der Waals surface area contributed by atoms with E-state index in [1.165, 1.54) is 18.3 Å². The molecule has 1 aliphatic rings. The van der Waals surface area contributed by atoms with Gasteiger partial charge in [-0.05, 0) is 37.0 Å². The van der Waals surface area contributed by atoms with Crippen LogP contribution in [0.15, 0.2) is 30.5 Å². The van der Waals surface area contributed by atoms with Crippen LogP contribution in [-0.4, -0.2) is 33.9 Å². The Balaban J connectivity index is 1.75. The summed E-state index contributed by atoms with van der Waals surface area (Å²) in [5, 5.41) is 2.67. The van der Waals surface area contributed by atoms with E-state index in [-0.39, 0.29) is 23.2 Å². The molecule has 1 aromatic carbocycles. The van der Waals surface area contributed by atoms with Crippen LogP contribution in [0.2, 0.25) is 0 Å². The summed E-state index contributed by atoms with van der Waals surface area (Å²) in [6, 6.07) is 4.70. The zero-order valence-electron chi connectivity index (χ0n) is 13.3. The highest BCUT2D eigenvalue weighted by molar-refractivity contribution is 5.92. The fourth-order valence-electron chi connectivity index (χ4n) is 2.62. The Morgan fingerprint density at radius 3 is 2.71 bits per heavy atom. The van der Waals surface area contributed by atoms with Gasteiger partial charge in [-0.25, -0.2) is 18.7 Å². The van der Waals surface area contributed by atoms with Crippen LogP contribution in [0.3, 0.4) is 0 Å². The molecule has 7 heteroatoms. The fraction of sp³-hybridized carbons (Fsp3) is 0.353. The largest absolute Gasteiger partial charge is 0.337 e. The lowest BCUT2D eigenvalue weighted by Crippen LogP contribution is -2.38. The van der Waals surface area contributed by atoms with Gasteiger partial charge >= 0.3 is 0 Å². The molecule has 126 valence electrons. The SMILES string of the molecule is CC1CCN(C(=O)c2ccnc(Nc3ccc(F)cc3F)n2)CC1. The van der Waals surface area contributed by atoms with E-state index in [9.17, 15) is 13.6 Å². The van der Waals surface area contributed by atoms with Crippen molar-refractivity contribution in [3.05, 3.63) is 47.8 Å². The van der Waals surface area contributed by atoms with Crippen molar-refractivity contribution in [2.45, 2.75) is 19.8 Å². The summed E-state index contributed by atoms with van der Waals surface area (Å²) in [6.45, 7) is 3.59. The number of hydrogen-bond donors (Lipinski definition) is 1. The first-order chi connectivity index (χ1) is 11.5. The Morgan fingerprint density at radius 2 is 2.00 bits per heavy atom. The molecule has 1 aliphatic heterocycles. The van der Waals surface area contributed by atoms with Crippen LogP contribution in [0, 0.1) is 17.6 Å². The number of carbonyl (C=O) groups excluding carboxylic acids is 1. The van der Waals surface area contributed by atoms with Crippen LogP contribution in [0.25, 0.3) is 0 Å². The van der Waals surface area contributed by atoms with Crippen LogP contribution in [-0.2, 0) is 0 Å². The first kappa shape index (κ1) is 16.3. The average molecular weight is 332 g/mol. The second-order valence-corrected chi connectivity index (χ2v) is 5.99. The van der Waals surface area contributed by atoms with Gasteiger partial charge in [0.1, 0.15) is 17.3 Å². The summed E-state index contributed by atoms with van der Waals surface area (Å²) in [5.74, 6) is -0.857. The molecular formula is C17H18F2N4O. The summed E-state index contributed by atoms with van der Waals surface area (Å²) in [5.41, 5.74) is 0.303. The first-order valence-corrected chi connectivity index (χ1v) is 7.87. The van der Waals surface area contributed by atoms with Gasteiger partial charge in [0.2, 0.25) is 5.95 Å². The van der Waals surface area contributed by atoms with Gasteiger partial charge in [-0.15, -0.1) is 0 Å². The Kier molecular flexibility index (Phi) is 4.69. The number of nitrogens with one attached hydrogen (secondary N) is 1. The Hall–Kier alpha value is -2.57. The third-order valence-electron chi connectivity index (χ3n) is 4.12.